The van der Waals surface area contributed by atoms with Gasteiger partial charge in [0.05, 0.1) is 0 Å². The number of rotatable bonds is 0. The van der Waals surface area contributed by atoms with Crippen LogP contribution in [0.15, 0.2) is 24.3 Å². The maximum atomic E-state index is 12.1. The summed E-state index contributed by atoms with van der Waals surface area (Å²) in [6, 6.07) is 7.68. The third-order valence-corrected chi connectivity index (χ3v) is 3.77. The summed E-state index contributed by atoms with van der Waals surface area (Å²) in [6.45, 7) is 1.72. The molecule has 2 N–H and O–H groups in total. The molecule has 2 bridgehead atoms. The first-order chi connectivity index (χ1) is 7.77. The average molecular weight is 216 g/mol. The van der Waals surface area contributed by atoms with Gasteiger partial charge >= 0.3 is 0 Å². The Morgan fingerprint density at radius 3 is 2.81 bits per heavy atom. The van der Waals surface area contributed by atoms with Gasteiger partial charge in [-0.1, -0.05) is 24.3 Å². The molecule has 2 aliphatic heterocycles. The van der Waals surface area contributed by atoms with E-state index in [0.29, 0.717) is 5.92 Å². The summed E-state index contributed by atoms with van der Waals surface area (Å²) in [6.07, 6.45) is 2.27. The maximum Gasteiger partial charge on any atom is 0.244 e. The minimum Gasteiger partial charge on any atom is -0.340 e. The van der Waals surface area contributed by atoms with E-state index in [4.69, 9.17) is 5.73 Å². The van der Waals surface area contributed by atoms with Crippen LogP contribution >= 0.6 is 0 Å². The van der Waals surface area contributed by atoms with Crippen molar-refractivity contribution in [2.24, 2.45) is 5.73 Å². The van der Waals surface area contributed by atoms with Crippen molar-refractivity contribution in [3.63, 3.8) is 0 Å². The van der Waals surface area contributed by atoms with Crippen molar-refractivity contribution in [2.75, 3.05) is 13.1 Å². The molecule has 2 atom stereocenters. The highest BCUT2D eigenvalue weighted by Crippen LogP contribution is 2.35. The second-order valence-electron chi connectivity index (χ2n) is 4.73. The molecule has 84 valence electrons. The van der Waals surface area contributed by atoms with Crippen LogP contribution in [0.4, 0.5) is 0 Å². The van der Waals surface area contributed by atoms with E-state index in [1.807, 2.05) is 23.1 Å². The van der Waals surface area contributed by atoms with E-state index >= 15 is 0 Å². The topological polar surface area (TPSA) is 46.3 Å². The molecule has 1 unspecified atom stereocenters. The molecule has 1 aromatic rings. The molecule has 1 amide bonds. The lowest BCUT2D eigenvalue weighted by Crippen LogP contribution is -2.41. The highest BCUT2D eigenvalue weighted by Gasteiger charge is 2.34. The molecule has 0 saturated carbocycles. The second-order valence-corrected chi connectivity index (χ2v) is 4.73. The normalized spacial score (nSPS) is 28.6. The van der Waals surface area contributed by atoms with Gasteiger partial charge in [0.25, 0.3) is 0 Å². The third kappa shape index (κ3) is 1.35. The summed E-state index contributed by atoms with van der Waals surface area (Å²) in [5.41, 5.74) is 8.37. The van der Waals surface area contributed by atoms with E-state index in [1.165, 1.54) is 12.0 Å². The van der Waals surface area contributed by atoms with Crippen molar-refractivity contribution in [3.05, 3.63) is 35.4 Å². The standard InChI is InChI=1S/C13H16N2O/c14-12-11-6-2-1-5-10(11)9-4-3-7-15(8-9)13(12)16/h1-2,5-6,9,12H,3-4,7-8,14H2/t9?,12-/m0/s1. The van der Waals surface area contributed by atoms with Gasteiger partial charge in [-0.05, 0) is 24.0 Å². The van der Waals surface area contributed by atoms with Gasteiger partial charge < -0.3 is 10.6 Å². The van der Waals surface area contributed by atoms with Gasteiger partial charge in [0.2, 0.25) is 5.91 Å². The summed E-state index contributed by atoms with van der Waals surface area (Å²) in [4.78, 5) is 14.0. The van der Waals surface area contributed by atoms with Crippen LogP contribution in [0.3, 0.4) is 0 Å². The number of hydrogen-bond donors (Lipinski definition) is 1. The predicted octanol–water partition coefficient (Wildman–Crippen LogP) is 1.41. The Morgan fingerprint density at radius 1 is 1.25 bits per heavy atom. The van der Waals surface area contributed by atoms with Crippen molar-refractivity contribution < 1.29 is 4.79 Å². The third-order valence-electron chi connectivity index (χ3n) is 3.77. The van der Waals surface area contributed by atoms with Gasteiger partial charge in [-0.25, -0.2) is 0 Å². The molecule has 1 aromatic carbocycles. The van der Waals surface area contributed by atoms with E-state index in [0.717, 1.165) is 25.1 Å². The molecule has 0 radical (unpaired) electrons. The summed E-state index contributed by atoms with van der Waals surface area (Å²) in [5.74, 6) is 0.581. The van der Waals surface area contributed by atoms with Crippen LogP contribution in [-0.2, 0) is 4.79 Å². The zero-order chi connectivity index (χ0) is 11.1. The number of fused-ring (bicyclic) bond motifs is 4. The minimum absolute atomic E-state index is 0.0923. The first-order valence-electron chi connectivity index (χ1n) is 5.90. The first kappa shape index (κ1) is 9.85. The van der Waals surface area contributed by atoms with Gasteiger partial charge in [-0.15, -0.1) is 0 Å². The quantitative estimate of drug-likeness (QED) is 0.712. The monoisotopic (exact) mass is 216 g/mol. The average Bonchev–Trinajstić information content (AvgIpc) is 2.42. The van der Waals surface area contributed by atoms with Crippen molar-refractivity contribution in [3.8, 4) is 0 Å². The van der Waals surface area contributed by atoms with Gasteiger partial charge in [-0.2, -0.15) is 0 Å². The first-order valence-corrected chi connectivity index (χ1v) is 5.90. The molecule has 3 rings (SSSR count). The highest BCUT2D eigenvalue weighted by atomic mass is 16.2. The minimum atomic E-state index is -0.459. The SMILES string of the molecule is N[C@@H]1C(=O)N2CCCC(C2)c2ccccc21. The van der Waals surface area contributed by atoms with Crippen molar-refractivity contribution in [2.45, 2.75) is 24.8 Å². The highest BCUT2D eigenvalue weighted by molar-refractivity contribution is 5.84. The van der Waals surface area contributed by atoms with Crippen LogP contribution in [-0.4, -0.2) is 23.9 Å². The molecule has 0 aliphatic carbocycles. The molecule has 2 aliphatic rings. The Hall–Kier alpha value is -1.35. The van der Waals surface area contributed by atoms with Crippen LogP contribution < -0.4 is 5.73 Å². The lowest BCUT2D eigenvalue weighted by Gasteiger charge is -2.30. The van der Waals surface area contributed by atoms with E-state index in [-0.39, 0.29) is 5.91 Å². The lowest BCUT2D eigenvalue weighted by molar-refractivity contribution is -0.133. The molecular weight excluding hydrogens is 200 g/mol. The molecule has 1 fully saturated rings. The largest absolute Gasteiger partial charge is 0.340 e. The Balaban J connectivity index is 2.13. The summed E-state index contributed by atoms with van der Waals surface area (Å²) < 4.78 is 0. The zero-order valence-corrected chi connectivity index (χ0v) is 9.23. The molecule has 0 aromatic heterocycles. The van der Waals surface area contributed by atoms with Crippen LogP contribution in [0.5, 0.6) is 0 Å². The molecule has 0 spiro atoms. The summed E-state index contributed by atoms with van der Waals surface area (Å²) in [7, 11) is 0. The number of benzene rings is 1. The number of nitrogens with two attached hydrogens (primary N) is 1. The molecule has 3 nitrogen and oxygen atoms in total. The zero-order valence-electron chi connectivity index (χ0n) is 9.23. The van der Waals surface area contributed by atoms with Gasteiger partial charge in [0, 0.05) is 19.0 Å². The Bertz CT molecular complexity index is 430. The fourth-order valence-corrected chi connectivity index (χ4v) is 2.93. The van der Waals surface area contributed by atoms with Crippen molar-refractivity contribution in [1.29, 1.82) is 0 Å². The molecule has 2 heterocycles. The smallest absolute Gasteiger partial charge is 0.244 e. The Kier molecular flexibility index (Phi) is 2.21. The number of amides is 1. The number of nitrogens with zero attached hydrogens (tertiary/aromatic N) is 1. The van der Waals surface area contributed by atoms with Gasteiger partial charge in [-0.3, -0.25) is 4.79 Å². The van der Waals surface area contributed by atoms with Crippen molar-refractivity contribution >= 4 is 5.91 Å². The van der Waals surface area contributed by atoms with E-state index in [2.05, 4.69) is 6.07 Å². The van der Waals surface area contributed by atoms with Gasteiger partial charge in [0.15, 0.2) is 0 Å². The van der Waals surface area contributed by atoms with E-state index in [1.54, 1.807) is 0 Å². The van der Waals surface area contributed by atoms with Crippen LogP contribution in [0.25, 0.3) is 0 Å². The Morgan fingerprint density at radius 2 is 2.00 bits per heavy atom. The second kappa shape index (κ2) is 3.59. The van der Waals surface area contributed by atoms with E-state index < -0.39 is 6.04 Å². The number of hydrogen-bond acceptors (Lipinski definition) is 2. The summed E-state index contributed by atoms with van der Waals surface area (Å²) in [5, 5.41) is 0. The number of carbonyl (C=O) groups excluding carboxylic acids is 1. The van der Waals surface area contributed by atoms with Gasteiger partial charge in [0.1, 0.15) is 6.04 Å². The Labute approximate surface area is 95.2 Å². The van der Waals surface area contributed by atoms with Crippen LogP contribution in [0.2, 0.25) is 0 Å². The van der Waals surface area contributed by atoms with E-state index in [9.17, 15) is 4.79 Å². The molecule has 16 heavy (non-hydrogen) atoms. The lowest BCUT2D eigenvalue weighted by atomic mass is 9.88. The number of carbonyl (C=O) groups is 1. The fraction of sp³-hybridized carbons (Fsp3) is 0.462. The van der Waals surface area contributed by atoms with Crippen molar-refractivity contribution in [1.82, 2.24) is 4.90 Å². The number of piperidine rings is 1. The maximum absolute atomic E-state index is 12.1. The molecule has 3 heteroatoms. The predicted molar refractivity (Wildman–Crippen MR) is 61.9 cm³/mol. The van der Waals surface area contributed by atoms with Crippen LogP contribution in [0.1, 0.15) is 35.9 Å². The fourth-order valence-electron chi connectivity index (χ4n) is 2.93. The summed E-state index contributed by atoms with van der Waals surface area (Å²) >= 11 is 0. The molecular formula is C13H16N2O. The van der Waals surface area contributed by atoms with Crippen LogP contribution in [0, 0.1) is 0 Å². The molecule has 1 saturated heterocycles.